The summed E-state index contributed by atoms with van der Waals surface area (Å²) in [5, 5.41) is 0.718. The molecule has 2 atom stereocenters. The highest BCUT2D eigenvalue weighted by Crippen LogP contribution is 2.37. The van der Waals surface area contributed by atoms with E-state index in [0.717, 1.165) is 23.9 Å². The number of aromatic nitrogens is 1. The molecular formula is C14H17FN2. The van der Waals surface area contributed by atoms with Crippen LogP contribution in [0, 0.1) is 11.7 Å². The molecule has 17 heavy (non-hydrogen) atoms. The van der Waals surface area contributed by atoms with E-state index < -0.39 is 0 Å². The second-order valence-electron chi connectivity index (χ2n) is 4.89. The average Bonchev–Trinajstić information content (AvgIpc) is 2.94. The van der Waals surface area contributed by atoms with Crippen molar-refractivity contribution in [3.63, 3.8) is 0 Å². The van der Waals surface area contributed by atoms with Crippen molar-refractivity contribution < 1.29 is 4.39 Å². The molecular weight excluding hydrogens is 215 g/mol. The number of hydrogen-bond acceptors (Lipinski definition) is 1. The Morgan fingerprint density at radius 3 is 3.00 bits per heavy atom. The number of benzene rings is 1. The molecule has 1 aromatic heterocycles. The van der Waals surface area contributed by atoms with Gasteiger partial charge in [-0.05, 0) is 43.5 Å². The molecule has 0 aliphatic heterocycles. The molecule has 0 saturated heterocycles. The number of halogens is 1. The van der Waals surface area contributed by atoms with Crippen LogP contribution in [0.3, 0.4) is 0 Å². The van der Waals surface area contributed by atoms with E-state index in [9.17, 15) is 4.39 Å². The molecule has 2 unspecified atom stereocenters. The normalized spacial score (nSPS) is 24.6. The van der Waals surface area contributed by atoms with Gasteiger partial charge in [0.25, 0.3) is 0 Å². The largest absolute Gasteiger partial charge is 0.344 e. The molecule has 2 aromatic rings. The minimum atomic E-state index is -0.136. The van der Waals surface area contributed by atoms with Gasteiger partial charge in [-0.3, -0.25) is 0 Å². The topological polar surface area (TPSA) is 30.9 Å². The fraction of sp³-hybridized carbons (Fsp3) is 0.429. The van der Waals surface area contributed by atoms with Crippen LogP contribution in [-0.4, -0.2) is 11.1 Å². The van der Waals surface area contributed by atoms with Gasteiger partial charge in [0.05, 0.1) is 5.52 Å². The van der Waals surface area contributed by atoms with Gasteiger partial charge in [-0.2, -0.15) is 0 Å². The van der Waals surface area contributed by atoms with E-state index in [4.69, 9.17) is 5.73 Å². The highest BCUT2D eigenvalue weighted by Gasteiger charge is 2.28. The SMILES string of the molecule is NCC1CCCC1n1ccc2c(F)cccc21. The first-order valence-corrected chi connectivity index (χ1v) is 6.26. The molecule has 1 aliphatic rings. The lowest BCUT2D eigenvalue weighted by Crippen LogP contribution is -2.21. The van der Waals surface area contributed by atoms with Gasteiger partial charge in [0.15, 0.2) is 0 Å². The number of nitrogens with zero attached hydrogens (tertiary/aromatic N) is 1. The standard InChI is InChI=1S/C14H17FN2/c15-12-4-2-6-14-11(12)7-8-17(14)13-5-1-3-10(13)9-16/h2,4,6-8,10,13H,1,3,5,9,16H2. The van der Waals surface area contributed by atoms with Crippen molar-refractivity contribution in [2.24, 2.45) is 11.7 Å². The summed E-state index contributed by atoms with van der Waals surface area (Å²) in [6, 6.07) is 7.60. The van der Waals surface area contributed by atoms with Crippen molar-refractivity contribution in [1.82, 2.24) is 4.57 Å². The van der Waals surface area contributed by atoms with Gasteiger partial charge < -0.3 is 10.3 Å². The minimum absolute atomic E-state index is 0.136. The number of rotatable bonds is 2. The first kappa shape index (κ1) is 10.8. The monoisotopic (exact) mass is 232 g/mol. The van der Waals surface area contributed by atoms with Crippen LogP contribution in [0.2, 0.25) is 0 Å². The number of hydrogen-bond donors (Lipinski definition) is 1. The molecule has 0 radical (unpaired) electrons. The third-order valence-electron chi connectivity index (χ3n) is 3.99. The van der Waals surface area contributed by atoms with Gasteiger partial charge in [0.2, 0.25) is 0 Å². The Labute approximate surface area is 100 Å². The zero-order valence-electron chi connectivity index (χ0n) is 9.77. The first-order valence-electron chi connectivity index (χ1n) is 6.26. The maximum Gasteiger partial charge on any atom is 0.132 e. The molecule has 1 fully saturated rings. The van der Waals surface area contributed by atoms with Crippen molar-refractivity contribution >= 4 is 10.9 Å². The number of nitrogens with two attached hydrogens (primary N) is 1. The van der Waals surface area contributed by atoms with Crippen LogP contribution in [0.1, 0.15) is 25.3 Å². The molecule has 1 aromatic carbocycles. The Morgan fingerprint density at radius 2 is 2.18 bits per heavy atom. The van der Waals surface area contributed by atoms with E-state index >= 15 is 0 Å². The van der Waals surface area contributed by atoms with Gasteiger partial charge in [-0.25, -0.2) is 4.39 Å². The Bertz CT molecular complexity index is 532. The first-order chi connectivity index (χ1) is 8.31. The minimum Gasteiger partial charge on any atom is -0.344 e. The third-order valence-corrected chi connectivity index (χ3v) is 3.99. The third kappa shape index (κ3) is 1.65. The van der Waals surface area contributed by atoms with Gasteiger partial charge in [-0.15, -0.1) is 0 Å². The van der Waals surface area contributed by atoms with Crippen LogP contribution in [-0.2, 0) is 0 Å². The molecule has 2 nitrogen and oxygen atoms in total. The van der Waals surface area contributed by atoms with E-state index in [1.165, 1.54) is 18.9 Å². The lowest BCUT2D eigenvalue weighted by atomic mass is 10.0. The second kappa shape index (κ2) is 4.15. The lowest BCUT2D eigenvalue weighted by molar-refractivity contribution is 0.397. The van der Waals surface area contributed by atoms with Crippen LogP contribution in [0.15, 0.2) is 30.5 Å². The zero-order valence-corrected chi connectivity index (χ0v) is 9.77. The summed E-state index contributed by atoms with van der Waals surface area (Å²) in [5.74, 6) is 0.400. The fourth-order valence-electron chi connectivity index (χ4n) is 3.10. The lowest BCUT2D eigenvalue weighted by Gasteiger charge is -2.21. The summed E-state index contributed by atoms with van der Waals surface area (Å²) in [7, 11) is 0. The van der Waals surface area contributed by atoms with Gasteiger partial charge >= 0.3 is 0 Å². The van der Waals surface area contributed by atoms with Crippen LogP contribution in [0.5, 0.6) is 0 Å². The Balaban J connectivity index is 2.09. The maximum absolute atomic E-state index is 13.6. The Morgan fingerprint density at radius 1 is 1.29 bits per heavy atom. The fourth-order valence-corrected chi connectivity index (χ4v) is 3.10. The van der Waals surface area contributed by atoms with Crippen molar-refractivity contribution in [2.45, 2.75) is 25.3 Å². The molecule has 1 aliphatic carbocycles. The zero-order chi connectivity index (χ0) is 11.8. The average molecular weight is 232 g/mol. The predicted molar refractivity (Wildman–Crippen MR) is 67.3 cm³/mol. The molecule has 3 heteroatoms. The van der Waals surface area contributed by atoms with Crippen LogP contribution >= 0.6 is 0 Å². The summed E-state index contributed by atoms with van der Waals surface area (Å²) >= 11 is 0. The van der Waals surface area contributed by atoms with E-state index in [-0.39, 0.29) is 5.82 Å². The van der Waals surface area contributed by atoms with Gasteiger partial charge in [0.1, 0.15) is 5.82 Å². The van der Waals surface area contributed by atoms with E-state index in [1.807, 2.05) is 18.3 Å². The predicted octanol–water partition coefficient (Wildman–Crippen LogP) is 3.08. The van der Waals surface area contributed by atoms with Crippen LogP contribution in [0.25, 0.3) is 10.9 Å². The maximum atomic E-state index is 13.6. The summed E-state index contributed by atoms with van der Waals surface area (Å²) in [4.78, 5) is 0. The van der Waals surface area contributed by atoms with Crippen LogP contribution in [0.4, 0.5) is 4.39 Å². The molecule has 0 spiro atoms. The smallest absolute Gasteiger partial charge is 0.132 e. The quantitative estimate of drug-likeness (QED) is 0.847. The van der Waals surface area contributed by atoms with Crippen molar-refractivity contribution in [2.75, 3.05) is 6.54 Å². The molecule has 1 heterocycles. The molecule has 3 rings (SSSR count). The van der Waals surface area contributed by atoms with Crippen molar-refractivity contribution in [3.05, 3.63) is 36.3 Å². The second-order valence-corrected chi connectivity index (χ2v) is 4.89. The van der Waals surface area contributed by atoms with E-state index in [2.05, 4.69) is 4.57 Å². The Kier molecular flexibility index (Phi) is 2.63. The summed E-state index contributed by atoms with van der Waals surface area (Å²) < 4.78 is 15.8. The van der Waals surface area contributed by atoms with Gasteiger partial charge in [-0.1, -0.05) is 12.5 Å². The van der Waals surface area contributed by atoms with E-state index in [0.29, 0.717) is 12.0 Å². The number of fused-ring (bicyclic) bond motifs is 1. The summed E-state index contributed by atoms with van der Waals surface area (Å²) in [5.41, 5.74) is 6.81. The summed E-state index contributed by atoms with van der Waals surface area (Å²) in [6.45, 7) is 0.722. The molecule has 1 saturated carbocycles. The summed E-state index contributed by atoms with van der Waals surface area (Å²) in [6.07, 6.45) is 5.58. The highest BCUT2D eigenvalue weighted by molar-refractivity contribution is 5.80. The molecule has 90 valence electrons. The van der Waals surface area contributed by atoms with Crippen molar-refractivity contribution in [3.8, 4) is 0 Å². The Hall–Kier alpha value is -1.35. The molecule has 0 amide bonds. The molecule has 2 N–H and O–H groups in total. The molecule has 0 bridgehead atoms. The van der Waals surface area contributed by atoms with Crippen LogP contribution < -0.4 is 5.73 Å². The van der Waals surface area contributed by atoms with E-state index in [1.54, 1.807) is 6.07 Å². The van der Waals surface area contributed by atoms with Gasteiger partial charge in [0, 0.05) is 17.6 Å². The van der Waals surface area contributed by atoms with Crippen molar-refractivity contribution in [1.29, 1.82) is 0 Å². The highest BCUT2D eigenvalue weighted by atomic mass is 19.1.